The van der Waals surface area contributed by atoms with Crippen LogP contribution in [0.4, 0.5) is 18.9 Å². The second kappa shape index (κ2) is 10.6. The van der Waals surface area contributed by atoms with E-state index in [0.29, 0.717) is 18.3 Å². The van der Waals surface area contributed by atoms with Crippen LogP contribution in [-0.2, 0) is 15.7 Å². The van der Waals surface area contributed by atoms with Crippen LogP contribution in [0.25, 0.3) is 0 Å². The van der Waals surface area contributed by atoms with Crippen molar-refractivity contribution in [2.24, 2.45) is 0 Å². The van der Waals surface area contributed by atoms with Crippen LogP contribution in [-0.4, -0.2) is 82.3 Å². The Bertz CT molecular complexity index is 1030. The Hall–Kier alpha value is -2.49. The molecule has 2 heterocycles. The fourth-order valence-corrected chi connectivity index (χ4v) is 5.07. The molecule has 35 heavy (non-hydrogen) atoms. The van der Waals surface area contributed by atoms with Gasteiger partial charge in [0.1, 0.15) is 5.54 Å². The number of amides is 1. The Morgan fingerprint density at radius 1 is 1.20 bits per heavy atom. The van der Waals surface area contributed by atoms with Crippen molar-refractivity contribution in [3.8, 4) is 6.07 Å². The van der Waals surface area contributed by atoms with E-state index >= 15 is 0 Å². The molecule has 0 radical (unpaired) electrons. The zero-order chi connectivity index (χ0) is 26.0. The van der Waals surface area contributed by atoms with E-state index in [0.717, 1.165) is 56.2 Å². The molecule has 7 nitrogen and oxygen atoms in total. The Labute approximate surface area is 214 Å². The third kappa shape index (κ3) is 5.68. The lowest BCUT2D eigenvalue weighted by molar-refractivity contribution is -0.137. The fourth-order valence-electron chi connectivity index (χ4n) is 4.26. The molecule has 12 heteroatoms. The van der Waals surface area contributed by atoms with Gasteiger partial charge < -0.3 is 14.5 Å². The first kappa shape index (κ1) is 27.1. The molecule has 1 amide bonds. The van der Waals surface area contributed by atoms with Gasteiger partial charge in [-0.15, -0.1) is 0 Å². The number of ether oxygens (including phenoxy) is 1. The number of alkyl halides is 3. The molecule has 0 aliphatic carbocycles. The van der Waals surface area contributed by atoms with E-state index in [1.54, 1.807) is 24.8 Å². The van der Waals surface area contributed by atoms with E-state index in [9.17, 15) is 18.0 Å². The number of carbonyl (C=O) groups is 1. The van der Waals surface area contributed by atoms with Crippen LogP contribution in [0.5, 0.6) is 0 Å². The monoisotopic (exact) mass is 527 g/mol. The summed E-state index contributed by atoms with van der Waals surface area (Å²) in [5.74, 6) is -0.404. The lowest BCUT2D eigenvalue weighted by Gasteiger charge is -2.36. The molecule has 0 aromatic heterocycles. The highest BCUT2D eigenvalue weighted by atomic mass is 32.1. The quantitative estimate of drug-likeness (QED) is 0.520. The normalized spacial score (nSPS) is 18.7. The van der Waals surface area contributed by atoms with Gasteiger partial charge in [-0.1, -0.05) is 0 Å². The van der Waals surface area contributed by atoms with Gasteiger partial charge in [0.25, 0.3) is 11.1 Å². The van der Waals surface area contributed by atoms with Gasteiger partial charge in [-0.25, -0.2) is 0 Å². The van der Waals surface area contributed by atoms with Gasteiger partial charge in [-0.05, 0) is 76.4 Å². The summed E-state index contributed by atoms with van der Waals surface area (Å²) < 4.78 is 45.8. The van der Waals surface area contributed by atoms with Crippen LogP contribution in [0, 0.1) is 11.3 Å². The van der Waals surface area contributed by atoms with Crippen LogP contribution in [0.15, 0.2) is 18.2 Å². The van der Waals surface area contributed by atoms with E-state index in [1.807, 2.05) is 11.8 Å². The minimum Gasteiger partial charge on any atom is -0.471 e. The van der Waals surface area contributed by atoms with Crippen molar-refractivity contribution in [2.45, 2.75) is 38.9 Å². The summed E-state index contributed by atoms with van der Waals surface area (Å²) in [5.41, 5.74) is -2.60. The molecule has 1 aromatic rings. The molecule has 0 unspecified atom stereocenters. The first-order valence-corrected chi connectivity index (χ1v) is 12.1. The Morgan fingerprint density at radius 3 is 2.43 bits per heavy atom. The SMILES string of the molecule is CCOC(=S)N1CCN(CCCN2C(=S)N(c3ccc(C#N)c(C(F)(F)F)c3)C(=O)C2(C)C)CC1. The number of carbonyl (C=O) groups excluding carboxylic acids is 1. The van der Waals surface area contributed by atoms with Crippen LogP contribution >= 0.6 is 24.4 Å². The van der Waals surface area contributed by atoms with Gasteiger partial charge in [0, 0.05) is 32.7 Å². The fraction of sp³-hybridized carbons (Fsp3) is 0.565. The Morgan fingerprint density at radius 2 is 1.86 bits per heavy atom. The lowest BCUT2D eigenvalue weighted by Crippen LogP contribution is -2.49. The van der Waals surface area contributed by atoms with Gasteiger partial charge in [-0.2, -0.15) is 18.4 Å². The maximum atomic E-state index is 13.5. The minimum absolute atomic E-state index is 0.00305. The highest BCUT2D eigenvalue weighted by Gasteiger charge is 2.49. The average Bonchev–Trinajstić information content (AvgIpc) is 2.97. The van der Waals surface area contributed by atoms with Gasteiger partial charge in [-0.3, -0.25) is 14.6 Å². The second-order valence-corrected chi connectivity index (χ2v) is 9.57. The summed E-state index contributed by atoms with van der Waals surface area (Å²) in [6, 6.07) is 4.76. The molecular weight excluding hydrogens is 499 g/mol. The van der Waals surface area contributed by atoms with Crippen molar-refractivity contribution in [3.05, 3.63) is 29.3 Å². The van der Waals surface area contributed by atoms with Crippen molar-refractivity contribution in [2.75, 3.05) is 50.8 Å². The lowest BCUT2D eigenvalue weighted by atomic mass is 10.0. The summed E-state index contributed by atoms with van der Waals surface area (Å²) >= 11 is 10.8. The Balaban J connectivity index is 1.66. The zero-order valence-electron chi connectivity index (χ0n) is 19.9. The molecule has 0 N–H and O–H groups in total. The summed E-state index contributed by atoms with van der Waals surface area (Å²) in [7, 11) is 0. The van der Waals surface area contributed by atoms with E-state index in [4.69, 9.17) is 34.4 Å². The number of rotatable bonds is 6. The molecule has 190 valence electrons. The highest BCUT2D eigenvalue weighted by molar-refractivity contribution is 7.80. The highest BCUT2D eigenvalue weighted by Crippen LogP contribution is 2.37. The first-order valence-electron chi connectivity index (χ1n) is 11.3. The molecule has 3 rings (SSSR count). The van der Waals surface area contributed by atoms with Crippen molar-refractivity contribution in [1.29, 1.82) is 5.26 Å². The zero-order valence-corrected chi connectivity index (χ0v) is 21.5. The van der Waals surface area contributed by atoms with Crippen LogP contribution in [0.1, 0.15) is 38.3 Å². The topological polar surface area (TPSA) is 63.1 Å². The van der Waals surface area contributed by atoms with Gasteiger partial charge in [0.2, 0.25) is 0 Å². The third-order valence-electron chi connectivity index (χ3n) is 6.27. The molecule has 2 aliphatic rings. The number of anilines is 1. The third-order valence-corrected chi connectivity index (χ3v) is 7.04. The standard InChI is InChI=1S/C23H28F3N5O2S2/c1-4-33-21(35)29-12-10-28(11-13-29)8-5-9-30-20(34)31(19(32)22(30,2)3)17-7-6-16(15-27)18(14-17)23(24,25)26/h6-7,14H,4-5,8-13H2,1-3H3. The van der Waals surface area contributed by atoms with Gasteiger partial charge >= 0.3 is 6.18 Å². The van der Waals surface area contributed by atoms with Crippen LogP contribution in [0.2, 0.25) is 0 Å². The van der Waals surface area contributed by atoms with E-state index in [2.05, 4.69) is 4.90 Å². The smallest absolute Gasteiger partial charge is 0.417 e. The maximum absolute atomic E-state index is 13.5. The van der Waals surface area contributed by atoms with E-state index in [1.165, 1.54) is 6.07 Å². The molecule has 2 fully saturated rings. The maximum Gasteiger partial charge on any atom is 0.417 e. The largest absolute Gasteiger partial charge is 0.471 e. The van der Waals surface area contributed by atoms with Crippen LogP contribution < -0.4 is 4.90 Å². The molecule has 2 saturated heterocycles. The van der Waals surface area contributed by atoms with Crippen molar-refractivity contribution in [3.63, 3.8) is 0 Å². The molecule has 0 atom stereocenters. The summed E-state index contributed by atoms with van der Waals surface area (Å²) in [6.07, 6.45) is -4.00. The summed E-state index contributed by atoms with van der Waals surface area (Å²) in [5, 5.41) is 9.73. The molecular formula is C23H28F3N5O2S2. The van der Waals surface area contributed by atoms with E-state index < -0.39 is 28.7 Å². The molecule has 0 spiro atoms. The molecule has 2 aliphatic heterocycles. The summed E-state index contributed by atoms with van der Waals surface area (Å²) in [6.45, 7) is 10.3. The number of hydrogen-bond acceptors (Lipinski definition) is 6. The number of nitrogens with zero attached hydrogens (tertiary/aromatic N) is 5. The van der Waals surface area contributed by atoms with Crippen LogP contribution in [0.3, 0.4) is 0 Å². The number of hydrogen-bond donors (Lipinski definition) is 0. The number of thiocarbonyl (C=S) groups is 2. The molecule has 1 aromatic carbocycles. The van der Waals surface area contributed by atoms with Gasteiger partial charge in [0.05, 0.1) is 29.5 Å². The Kier molecular flexibility index (Phi) is 8.24. The predicted molar refractivity (Wildman–Crippen MR) is 134 cm³/mol. The van der Waals surface area contributed by atoms with Gasteiger partial charge in [0.15, 0.2) is 5.11 Å². The molecule has 0 bridgehead atoms. The number of benzene rings is 1. The van der Waals surface area contributed by atoms with E-state index in [-0.39, 0.29) is 10.8 Å². The second-order valence-electron chi connectivity index (χ2n) is 8.85. The number of nitriles is 1. The number of piperazine rings is 1. The molecule has 0 saturated carbocycles. The first-order chi connectivity index (χ1) is 16.4. The predicted octanol–water partition coefficient (Wildman–Crippen LogP) is 3.62. The van der Waals surface area contributed by atoms with Crippen molar-refractivity contribution < 1.29 is 22.7 Å². The van der Waals surface area contributed by atoms with Crippen molar-refractivity contribution >= 4 is 46.3 Å². The number of halogens is 3. The minimum atomic E-state index is -4.73. The van der Waals surface area contributed by atoms with Crippen molar-refractivity contribution in [1.82, 2.24) is 14.7 Å². The average molecular weight is 528 g/mol. The summed E-state index contributed by atoms with van der Waals surface area (Å²) in [4.78, 5) is 20.4.